The minimum absolute atomic E-state index is 0.210. The van der Waals surface area contributed by atoms with Crippen LogP contribution in [-0.2, 0) is 13.5 Å². The highest BCUT2D eigenvalue weighted by Gasteiger charge is 2.55. The van der Waals surface area contributed by atoms with E-state index in [1.165, 1.54) is 4.57 Å². The van der Waals surface area contributed by atoms with Gasteiger partial charge in [-0.25, -0.2) is 4.79 Å². The summed E-state index contributed by atoms with van der Waals surface area (Å²) in [6.07, 6.45) is 0.731. The largest absolute Gasteiger partial charge is 0.419 e. The van der Waals surface area contributed by atoms with Crippen molar-refractivity contribution in [2.75, 3.05) is 7.05 Å². The predicted molar refractivity (Wildman–Crippen MR) is 99.4 cm³/mol. The molecule has 0 spiro atoms. The zero-order valence-electron chi connectivity index (χ0n) is 13.9. The number of nitriles is 1. The first-order valence-electron chi connectivity index (χ1n) is 8.01. The van der Waals surface area contributed by atoms with Crippen LogP contribution in [0.2, 0.25) is 0 Å². The van der Waals surface area contributed by atoms with Crippen LogP contribution in [0.4, 0.5) is 0 Å². The average Bonchev–Trinajstić information content (AvgIpc) is 3.27. The van der Waals surface area contributed by atoms with Gasteiger partial charge in [-0.2, -0.15) is 5.26 Å². The molecule has 1 saturated heterocycles. The summed E-state index contributed by atoms with van der Waals surface area (Å²) in [5.41, 5.74) is 4.61. The SMILES string of the molecule is CNC1S[C@]1(C#N)Cc1ccc(-c2ccc3oc(=O)n(C)c3c2)cc1. The molecule has 1 aliphatic heterocycles. The summed E-state index contributed by atoms with van der Waals surface area (Å²) in [5, 5.41) is 12.8. The minimum atomic E-state index is -0.356. The summed E-state index contributed by atoms with van der Waals surface area (Å²) in [7, 11) is 3.59. The van der Waals surface area contributed by atoms with Gasteiger partial charge in [0.2, 0.25) is 0 Å². The maximum Gasteiger partial charge on any atom is 0.419 e. The van der Waals surface area contributed by atoms with Gasteiger partial charge in [0.05, 0.1) is 17.0 Å². The minimum Gasteiger partial charge on any atom is -0.408 e. The summed E-state index contributed by atoms with van der Waals surface area (Å²) >= 11 is 1.67. The first-order valence-corrected chi connectivity index (χ1v) is 8.89. The maximum absolute atomic E-state index is 11.6. The summed E-state index contributed by atoms with van der Waals surface area (Å²) in [4.78, 5) is 11.6. The fraction of sp³-hybridized carbons (Fsp3) is 0.263. The molecule has 1 N–H and O–H groups in total. The molecule has 3 aromatic rings. The molecule has 1 aromatic heterocycles. The van der Waals surface area contributed by atoms with Crippen molar-refractivity contribution in [3.8, 4) is 17.2 Å². The van der Waals surface area contributed by atoms with Crippen molar-refractivity contribution in [1.29, 1.82) is 5.26 Å². The van der Waals surface area contributed by atoms with E-state index in [1.807, 2.05) is 25.2 Å². The maximum atomic E-state index is 11.6. The Bertz CT molecular complexity index is 1050. The summed E-state index contributed by atoms with van der Waals surface area (Å²) in [5.74, 6) is -0.356. The van der Waals surface area contributed by atoms with Crippen LogP contribution in [0.15, 0.2) is 51.7 Å². The lowest BCUT2D eigenvalue weighted by molar-refractivity contribution is 0.528. The van der Waals surface area contributed by atoms with Gasteiger partial charge in [-0.3, -0.25) is 4.57 Å². The molecule has 2 atom stereocenters. The lowest BCUT2D eigenvalue weighted by Gasteiger charge is -2.08. The molecule has 2 aromatic carbocycles. The Morgan fingerprint density at radius 3 is 2.64 bits per heavy atom. The Hall–Kier alpha value is -2.49. The molecular formula is C19H17N3O2S. The summed E-state index contributed by atoms with van der Waals surface area (Å²) < 4.78 is 6.34. The standard InChI is InChI=1S/C19H17N3O2S/c1-21-17-19(11-20,25-17)10-12-3-5-13(6-4-12)14-7-8-16-15(9-14)22(2)18(23)24-16/h3-9,17,21H,10H2,1-2H3/t17?,19-/m0/s1. The Labute approximate surface area is 149 Å². The van der Waals surface area contributed by atoms with Gasteiger partial charge >= 0.3 is 5.76 Å². The molecule has 0 aliphatic carbocycles. The highest BCUT2D eigenvalue weighted by atomic mass is 32.2. The quantitative estimate of drug-likeness (QED) is 0.732. The molecule has 1 aliphatic rings. The Morgan fingerprint density at radius 2 is 2.00 bits per heavy atom. The number of aromatic nitrogens is 1. The molecule has 5 nitrogen and oxygen atoms in total. The molecule has 25 heavy (non-hydrogen) atoms. The van der Waals surface area contributed by atoms with Crippen LogP contribution in [-0.4, -0.2) is 21.7 Å². The molecule has 6 heteroatoms. The third kappa shape index (κ3) is 2.66. The van der Waals surface area contributed by atoms with Crippen molar-refractivity contribution in [2.24, 2.45) is 7.05 Å². The molecule has 4 rings (SSSR count). The topological polar surface area (TPSA) is 71.0 Å². The lowest BCUT2D eigenvalue weighted by atomic mass is 9.97. The van der Waals surface area contributed by atoms with Crippen molar-refractivity contribution in [1.82, 2.24) is 9.88 Å². The number of thioether (sulfide) groups is 1. The van der Waals surface area contributed by atoms with Crippen LogP contribution in [0.5, 0.6) is 0 Å². The molecule has 0 saturated carbocycles. The second kappa shape index (κ2) is 5.80. The Kier molecular flexibility index (Phi) is 3.71. The zero-order chi connectivity index (χ0) is 17.6. The molecular weight excluding hydrogens is 334 g/mol. The van der Waals surface area contributed by atoms with Gasteiger partial charge in [0.1, 0.15) is 4.75 Å². The zero-order valence-corrected chi connectivity index (χ0v) is 14.8. The van der Waals surface area contributed by atoms with Crippen LogP contribution in [0.25, 0.3) is 22.2 Å². The van der Waals surface area contributed by atoms with E-state index >= 15 is 0 Å². The van der Waals surface area contributed by atoms with Crippen LogP contribution < -0.4 is 11.1 Å². The second-order valence-corrected chi connectivity index (χ2v) is 7.71. The van der Waals surface area contributed by atoms with Gasteiger partial charge in [-0.05, 0) is 35.9 Å². The highest BCUT2D eigenvalue weighted by Crippen LogP contribution is 2.53. The molecule has 0 amide bonds. The average molecular weight is 351 g/mol. The van der Waals surface area contributed by atoms with Crippen LogP contribution in [0, 0.1) is 11.3 Å². The molecule has 2 heterocycles. The molecule has 1 unspecified atom stereocenters. The highest BCUT2D eigenvalue weighted by molar-refractivity contribution is 8.09. The summed E-state index contributed by atoms with van der Waals surface area (Å²) in [6, 6.07) is 16.4. The number of fused-ring (bicyclic) bond motifs is 1. The Balaban J connectivity index is 1.61. The van der Waals surface area contributed by atoms with Crippen molar-refractivity contribution in [3.05, 3.63) is 58.6 Å². The lowest BCUT2D eigenvalue weighted by Crippen LogP contribution is -2.24. The molecule has 1 fully saturated rings. The van der Waals surface area contributed by atoms with E-state index in [1.54, 1.807) is 18.8 Å². The third-order valence-electron chi connectivity index (χ3n) is 4.69. The van der Waals surface area contributed by atoms with Gasteiger partial charge < -0.3 is 9.73 Å². The van der Waals surface area contributed by atoms with Crippen molar-refractivity contribution in [3.63, 3.8) is 0 Å². The molecule has 0 bridgehead atoms. The van der Waals surface area contributed by atoms with Crippen LogP contribution >= 0.6 is 11.8 Å². The van der Waals surface area contributed by atoms with E-state index in [0.717, 1.165) is 28.6 Å². The number of benzene rings is 2. The van der Waals surface area contributed by atoms with Gasteiger partial charge in [0.15, 0.2) is 5.58 Å². The first kappa shape index (κ1) is 16.0. The molecule has 0 radical (unpaired) electrons. The van der Waals surface area contributed by atoms with E-state index < -0.39 is 0 Å². The number of rotatable bonds is 4. The predicted octanol–water partition coefficient (Wildman–Crippen LogP) is 2.90. The van der Waals surface area contributed by atoms with Gasteiger partial charge in [0, 0.05) is 13.5 Å². The fourth-order valence-electron chi connectivity index (χ4n) is 3.15. The van der Waals surface area contributed by atoms with Gasteiger partial charge in [0.25, 0.3) is 0 Å². The van der Waals surface area contributed by atoms with Crippen molar-refractivity contribution in [2.45, 2.75) is 16.5 Å². The van der Waals surface area contributed by atoms with E-state index in [4.69, 9.17) is 4.42 Å². The van der Waals surface area contributed by atoms with E-state index in [0.29, 0.717) is 5.58 Å². The smallest absolute Gasteiger partial charge is 0.408 e. The first-order chi connectivity index (χ1) is 12.1. The van der Waals surface area contributed by atoms with E-state index in [2.05, 4.69) is 35.7 Å². The number of oxazole rings is 1. The number of hydrogen-bond acceptors (Lipinski definition) is 5. The number of nitrogens with zero attached hydrogens (tertiary/aromatic N) is 2. The van der Waals surface area contributed by atoms with E-state index in [9.17, 15) is 10.1 Å². The van der Waals surface area contributed by atoms with E-state index in [-0.39, 0.29) is 15.9 Å². The Morgan fingerprint density at radius 1 is 1.28 bits per heavy atom. The van der Waals surface area contributed by atoms with Crippen LogP contribution in [0.1, 0.15) is 5.56 Å². The normalized spacial score (nSPS) is 22.0. The van der Waals surface area contributed by atoms with Gasteiger partial charge in [-0.1, -0.05) is 30.3 Å². The van der Waals surface area contributed by atoms with Crippen molar-refractivity contribution < 1.29 is 4.42 Å². The van der Waals surface area contributed by atoms with Gasteiger partial charge in [-0.15, -0.1) is 11.8 Å². The monoisotopic (exact) mass is 351 g/mol. The van der Waals surface area contributed by atoms with Crippen LogP contribution in [0.3, 0.4) is 0 Å². The summed E-state index contributed by atoms with van der Waals surface area (Å²) in [6.45, 7) is 0. The molecule has 126 valence electrons. The fourth-order valence-corrected chi connectivity index (χ4v) is 4.18. The number of nitrogens with one attached hydrogen (secondary N) is 1. The second-order valence-electron chi connectivity index (χ2n) is 6.27. The number of hydrogen-bond donors (Lipinski definition) is 1. The third-order valence-corrected chi connectivity index (χ3v) is 6.20. The number of aryl methyl sites for hydroxylation is 1. The van der Waals surface area contributed by atoms with Crippen molar-refractivity contribution >= 4 is 22.9 Å².